The number of thiazole rings is 1. The van der Waals surface area contributed by atoms with Crippen molar-refractivity contribution >= 4 is 17.2 Å². The molecule has 1 atom stereocenters. The number of rotatable bonds is 5. The number of nitrogens with one attached hydrogen (secondary N) is 1. The van der Waals surface area contributed by atoms with Gasteiger partial charge in [0.25, 0.3) is 0 Å². The summed E-state index contributed by atoms with van der Waals surface area (Å²) in [5.74, 6) is 1.02. The third kappa shape index (κ3) is 4.53. The van der Waals surface area contributed by atoms with Crippen molar-refractivity contribution in [2.24, 2.45) is 0 Å². The molecular formula is C17H21N3O2S. The maximum absolute atomic E-state index is 12.0. The van der Waals surface area contributed by atoms with E-state index < -0.39 is 0 Å². The summed E-state index contributed by atoms with van der Waals surface area (Å²) in [5.41, 5.74) is 1.18. The summed E-state index contributed by atoms with van der Waals surface area (Å²) in [6.45, 7) is 4.96. The molecule has 5 nitrogen and oxygen atoms in total. The fourth-order valence-electron chi connectivity index (χ4n) is 2.71. The molecule has 6 heteroatoms. The van der Waals surface area contributed by atoms with Crippen LogP contribution in [-0.4, -0.2) is 35.0 Å². The number of carbonyl (C=O) groups excluding carboxylic acids is 1. The largest absolute Gasteiger partial charge is 0.489 e. The zero-order valence-electron chi connectivity index (χ0n) is 13.2. The number of aromatic nitrogens is 1. The van der Waals surface area contributed by atoms with Crippen molar-refractivity contribution in [3.05, 3.63) is 46.4 Å². The highest BCUT2D eigenvalue weighted by molar-refractivity contribution is 7.09. The van der Waals surface area contributed by atoms with E-state index in [9.17, 15) is 4.79 Å². The van der Waals surface area contributed by atoms with Crippen molar-refractivity contribution in [3.8, 4) is 5.75 Å². The molecule has 1 aromatic heterocycles. The van der Waals surface area contributed by atoms with E-state index in [0.29, 0.717) is 13.0 Å². The molecule has 0 saturated heterocycles. The Morgan fingerprint density at radius 2 is 2.35 bits per heavy atom. The number of carbonyl (C=O) groups is 1. The van der Waals surface area contributed by atoms with Crippen LogP contribution in [0.1, 0.15) is 23.9 Å². The van der Waals surface area contributed by atoms with Crippen LogP contribution in [0, 0.1) is 0 Å². The number of nitrogens with zero attached hydrogens (tertiary/aromatic N) is 2. The summed E-state index contributed by atoms with van der Waals surface area (Å²) in [4.78, 5) is 18.4. The van der Waals surface area contributed by atoms with Crippen LogP contribution >= 0.6 is 11.3 Å². The summed E-state index contributed by atoms with van der Waals surface area (Å²) >= 11 is 1.55. The van der Waals surface area contributed by atoms with Gasteiger partial charge in [-0.25, -0.2) is 4.98 Å². The Balaban J connectivity index is 1.50. The Morgan fingerprint density at radius 3 is 3.17 bits per heavy atom. The first kappa shape index (κ1) is 16.0. The van der Waals surface area contributed by atoms with Crippen LogP contribution in [0.15, 0.2) is 35.8 Å². The standard InChI is InChI=1S/C17H21N3O2S/c1-13-11-20(12-14-4-2-3-5-15(14)22-13)8-6-16(21)19-10-17-18-7-9-23-17/h2-5,7,9,13H,6,8,10-12H2,1H3,(H,19,21). The Kier molecular flexibility index (Phi) is 5.25. The highest BCUT2D eigenvalue weighted by Gasteiger charge is 2.20. The molecule has 1 amide bonds. The second-order valence-electron chi connectivity index (χ2n) is 5.72. The number of amides is 1. The number of benzene rings is 1. The minimum absolute atomic E-state index is 0.0614. The number of fused-ring (bicyclic) bond motifs is 1. The van der Waals surface area contributed by atoms with E-state index in [0.717, 1.165) is 30.4 Å². The lowest BCUT2D eigenvalue weighted by Gasteiger charge is -2.21. The summed E-state index contributed by atoms with van der Waals surface area (Å²) in [5, 5.41) is 5.77. The molecule has 122 valence electrons. The highest BCUT2D eigenvalue weighted by Crippen LogP contribution is 2.24. The fourth-order valence-corrected chi connectivity index (χ4v) is 3.26. The minimum Gasteiger partial charge on any atom is -0.489 e. The van der Waals surface area contributed by atoms with Gasteiger partial charge in [0.1, 0.15) is 16.9 Å². The molecule has 3 rings (SSSR count). The molecule has 1 aliphatic heterocycles. The van der Waals surface area contributed by atoms with Crippen LogP contribution in [-0.2, 0) is 17.9 Å². The molecule has 0 aliphatic carbocycles. The van der Waals surface area contributed by atoms with E-state index in [1.54, 1.807) is 17.5 Å². The third-order valence-corrected chi connectivity index (χ3v) is 4.56. The van der Waals surface area contributed by atoms with Crippen molar-refractivity contribution in [2.75, 3.05) is 13.1 Å². The molecule has 0 fully saturated rings. The van der Waals surface area contributed by atoms with Gasteiger partial charge in [-0.2, -0.15) is 0 Å². The van der Waals surface area contributed by atoms with E-state index in [2.05, 4.69) is 28.2 Å². The first-order chi connectivity index (χ1) is 11.2. The maximum Gasteiger partial charge on any atom is 0.221 e. The second-order valence-corrected chi connectivity index (χ2v) is 6.70. The lowest BCUT2D eigenvalue weighted by atomic mass is 10.2. The van der Waals surface area contributed by atoms with Crippen LogP contribution in [0.2, 0.25) is 0 Å². The van der Waals surface area contributed by atoms with Crippen LogP contribution < -0.4 is 10.1 Å². The summed E-state index contributed by atoms with van der Waals surface area (Å²) in [7, 11) is 0. The summed E-state index contributed by atoms with van der Waals surface area (Å²) in [6.07, 6.45) is 2.36. The lowest BCUT2D eigenvalue weighted by Crippen LogP contribution is -2.34. The Morgan fingerprint density at radius 1 is 1.48 bits per heavy atom. The van der Waals surface area contributed by atoms with Crippen LogP contribution in [0.4, 0.5) is 0 Å². The van der Waals surface area contributed by atoms with Gasteiger partial charge in [0.15, 0.2) is 0 Å². The number of hydrogen-bond acceptors (Lipinski definition) is 5. The molecule has 23 heavy (non-hydrogen) atoms. The third-order valence-electron chi connectivity index (χ3n) is 3.79. The fraction of sp³-hybridized carbons (Fsp3) is 0.412. The molecule has 0 spiro atoms. The van der Waals surface area contributed by atoms with Gasteiger partial charge in [-0.15, -0.1) is 11.3 Å². The van der Waals surface area contributed by atoms with Crippen molar-refractivity contribution in [1.82, 2.24) is 15.2 Å². The van der Waals surface area contributed by atoms with Crippen LogP contribution in [0.5, 0.6) is 5.75 Å². The molecule has 1 aromatic carbocycles. The predicted molar refractivity (Wildman–Crippen MR) is 90.4 cm³/mol. The second kappa shape index (κ2) is 7.57. The molecule has 0 saturated carbocycles. The van der Waals surface area contributed by atoms with Crippen molar-refractivity contribution in [2.45, 2.75) is 32.5 Å². The van der Waals surface area contributed by atoms with E-state index in [4.69, 9.17) is 4.74 Å². The Labute approximate surface area is 140 Å². The van der Waals surface area contributed by atoms with Crippen LogP contribution in [0.3, 0.4) is 0 Å². The quantitative estimate of drug-likeness (QED) is 0.914. The van der Waals surface area contributed by atoms with Gasteiger partial charge >= 0.3 is 0 Å². The van der Waals surface area contributed by atoms with Gasteiger partial charge < -0.3 is 10.1 Å². The van der Waals surface area contributed by atoms with E-state index in [-0.39, 0.29) is 12.0 Å². The smallest absolute Gasteiger partial charge is 0.221 e. The normalized spacial score (nSPS) is 17.9. The average molecular weight is 331 g/mol. The average Bonchev–Trinajstić information content (AvgIpc) is 3.00. The zero-order valence-corrected chi connectivity index (χ0v) is 14.0. The molecule has 1 aliphatic rings. The SMILES string of the molecule is CC1CN(CCC(=O)NCc2nccs2)Cc2ccccc2O1. The maximum atomic E-state index is 12.0. The summed E-state index contributed by atoms with van der Waals surface area (Å²) < 4.78 is 5.94. The topological polar surface area (TPSA) is 54.5 Å². The first-order valence-electron chi connectivity index (χ1n) is 7.82. The predicted octanol–water partition coefficient (Wildman–Crippen LogP) is 2.43. The van der Waals surface area contributed by atoms with Crippen molar-refractivity contribution < 1.29 is 9.53 Å². The van der Waals surface area contributed by atoms with Gasteiger partial charge in [0.05, 0.1) is 6.54 Å². The lowest BCUT2D eigenvalue weighted by molar-refractivity contribution is -0.121. The Bertz CT molecular complexity index is 645. The van der Waals surface area contributed by atoms with Gasteiger partial charge in [0, 0.05) is 43.2 Å². The Hall–Kier alpha value is -1.92. The van der Waals surface area contributed by atoms with Crippen LogP contribution in [0.25, 0.3) is 0 Å². The van der Waals surface area contributed by atoms with Gasteiger partial charge in [-0.1, -0.05) is 18.2 Å². The monoisotopic (exact) mass is 331 g/mol. The van der Waals surface area contributed by atoms with Gasteiger partial charge in [-0.05, 0) is 13.0 Å². The molecule has 0 bridgehead atoms. The van der Waals surface area contributed by atoms with E-state index in [1.165, 1.54) is 5.56 Å². The van der Waals surface area contributed by atoms with Gasteiger partial charge in [-0.3, -0.25) is 9.69 Å². The molecule has 1 unspecified atom stereocenters. The van der Waals surface area contributed by atoms with E-state index in [1.807, 2.05) is 23.6 Å². The van der Waals surface area contributed by atoms with E-state index >= 15 is 0 Å². The number of ether oxygens (including phenoxy) is 1. The molecule has 0 radical (unpaired) electrons. The summed E-state index contributed by atoms with van der Waals surface area (Å²) in [6, 6.07) is 8.11. The highest BCUT2D eigenvalue weighted by atomic mass is 32.1. The van der Waals surface area contributed by atoms with Crippen molar-refractivity contribution in [3.63, 3.8) is 0 Å². The molecule has 2 heterocycles. The molecule has 2 aromatic rings. The van der Waals surface area contributed by atoms with Crippen molar-refractivity contribution in [1.29, 1.82) is 0 Å². The number of hydrogen-bond donors (Lipinski definition) is 1. The first-order valence-corrected chi connectivity index (χ1v) is 8.70. The minimum atomic E-state index is 0.0614. The van der Waals surface area contributed by atoms with Gasteiger partial charge in [0.2, 0.25) is 5.91 Å². The molecular weight excluding hydrogens is 310 g/mol. The number of para-hydroxylation sites is 1. The zero-order chi connectivity index (χ0) is 16.1. The molecule has 1 N–H and O–H groups in total.